The predicted molar refractivity (Wildman–Crippen MR) is 105 cm³/mol. The average Bonchev–Trinajstić information content (AvgIpc) is 3.27. The highest BCUT2D eigenvalue weighted by Gasteiger charge is 2.26. The van der Waals surface area contributed by atoms with Crippen molar-refractivity contribution in [3.8, 4) is 5.69 Å². The molecule has 1 aliphatic carbocycles. The molecule has 1 aliphatic rings. The van der Waals surface area contributed by atoms with Crippen molar-refractivity contribution in [3.63, 3.8) is 0 Å². The first-order chi connectivity index (χ1) is 13.6. The zero-order valence-corrected chi connectivity index (χ0v) is 15.8. The Morgan fingerprint density at radius 2 is 1.89 bits per heavy atom. The van der Waals surface area contributed by atoms with Gasteiger partial charge in [-0.3, -0.25) is 4.72 Å². The van der Waals surface area contributed by atoms with E-state index in [-0.39, 0.29) is 4.90 Å². The van der Waals surface area contributed by atoms with Crippen molar-refractivity contribution in [2.45, 2.75) is 30.1 Å². The Hall–Kier alpha value is -3.13. The van der Waals surface area contributed by atoms with Crippen LogP contribution in [0.3, 0.4) is 0 Å². The van der Waals surface area contributed by atoms with Gasteiger partial charge in [-0.1, -0.05) is 29.8 Å². The fourth-order valence-electron chi connectivity index (χ4n) is 3.36. The Labute approximate surface area is 162 Å². The van der Waals surface area contributed by atoms with Crippen LogP contribution in [-0.2, 0) is 10.0 Å². The Bertz CT molecular complexity index is 1240. The summed E-state index contributed by atoms with van der Waals surface area (Å²) in [7, 11) is -3.79. The number of para-hydroxylation sites is 1. The largest absolute Gasteiger partial charge is 0.356 e. The lowest BCUT2D eigenvalue weighted by atomic mass is 9.83. The van der Waals surface area contributed by atoms with Gasteiger partial charge >= 0.3 is 0 Å². The molecule has 0 amide bonds. The summed E-state index contributed by atoms with van der Waals surface area (Å²) in [5, 5.41) is 9.02. The third-order valence-electron chi connectivity index (χ3n) is 5.13. The van der Waals surface area contributed by atoms with Crippen LogP contribution in [0.15, 0.2) is 70.2 Å². The highest BCUT2D eigenvalue weighted by atomic mass is 32.2. The van der Waals surface area contributed by atoms with Crippen LogP contribution in [0.25, 0.3) is 16.7 Å². The Morgan fingerprint density at radius 3 is 2.64 bits per heavy atom. The maximum absolute atomic E-state index is 13.0. The van der Waals surface area contributed by atoms with Crippen LogP contribution >= 0.6 is 0 Å². The minimum Gasteiger partial charge on any atom is -0.356 e. The van der Waals surface area contributed by atoms with Crippen molar-refractivity contribution >= 4 is 26.8 Å². The van der Waals surface area contributed by atoms with Crippen LogP contribution in [0.1, 0.15) is 30.9 Å². The number of anilines is 1. The fourth-order valence-corrected chi connectivity index (χ4v) is 4.42. The van der Waals surface area contributed by atoms with E-state index in [9.17, 15) is 8.42 Å². The average molecular weight is 394 g/mol. The summed E-state index contributed by atoms with van der Waals surface area (Å²) in [6.45, 7) is 0. The molecule has 142 valence electrons. The molecule has 0 unspecified atom stereocenters. The molecule has 5 rings (SSSR count). The topological polar surface area (TPSA) is 90.0 Å². The van der Waals surface area contributed by atoms with Crippen molar-refractivity contribution < 1.29 is 12.9 Å². The van der Waals surface area contributed by atoms with E-state index in [1.807, 2.05) is 36.4 Å². The van der Waals surface area contributed by atoms with Crippen LogP contribution < -0.4 is 4.72 Å². The number of benzene rings is 2. The second kappa shape index (κ2) is 6.49. The molecule has 2 aromatic heterocycles. The first kappa shape index (κ1) is 17.0. The monoisotopic (exact) mass is 394 g/mol. The van der Waals surface area contributed by atoms with Gasteiger partial charge in [0, 0.05) is 17.4 Å². The molecule has 0 saturated heterocycles. The molecule has 0 atom stereocenters. The maximum Gasteiger partial charge on any atom is 0.263 e. The first-order valence-electron chi connectivity index (χ1n) is 9.13. The lowest BCUT2D eigenvalue weighted by molar-refractivity contribution is 0.409. The molecular formula is C20H18N4O3S. The van der Waals surface area contributed by atoms with E-state index in [1.165, 1.54) is 18.7 Å². The van der Waals surface area contributed by atoms with Gasteiger partial charge < -0.3 is 4.52 Å². The van der Waals surface area contributed by atoms with E-state index in [0.29, 0.717) is 22.7 Å². The molecule has 1 fully saturated rings. The highest BCUT2D eigenvalue weighted by molar-refractivity contribution is 7.92. The standard InChI is InChI=1S/C20H18N4O3S/c25-28(26,17-9-10-19-15(11-17)13-21-27-19)23-20-12-18(14-5-4-6-14)22-24(20)16-7-2-1-3-8-16/h1-3,7-14,23H,4-6H2. The Morgan fingerprint density at radius 1 is 1.07 bits per heavy atom. The number of nitrogens with zero attached hydrogens (tertiary/aromatic N) is 3. The minimum atomic E-state index is -3.79. The van der Waals surface area contributed by atoms with Crippen LogP contribution in [0.2, 0.25) is 0 Å². The summed E-state index contributed by atoms with van der Waals surface area (Å²) in [5.74, 6) is 0.820. The third-order valence-corrected chi connectivity index (χ3v) is 6.48. The molecule has 0 radical (unpaired) electrons. The molecule has 8 heteroatoms. The highest BCUT2D eigenvalue weighted by Crippen LogP contribution is 2.37. The number of nitrogens with one attached hydrogen (secondary N) is 1. The summed E-state index contributed by atoms with van der Waals surface area (Å²) < 4.78 is 35.4. The number of aromatic nitrogens is 3. The zero-order valence-electron chi connectivity index (χ0n) is 14.9. The molecular weight excluding hydrogens is 376 g/mol. The normalized spacial score (nSPS) is 14.9. The van der Waals surface area contributed by atoms with E-state index >= 15 is 0 Å². The van der Waals surface area contributed by atoms with Gasteiger partial charge in [0.2, 0.25) is 0 Å². The quantitative estimate of drug-likeness (QED) is 0.551. The first-order valence-corrected chi connectivity index (χ1v) is 10.6. The van der Waals surface area contributed by atoms with Crippen LogP contribution in [0.5, 0.6) is 0 Å². The van der Waals surface area contributed by atoms with Gasteiger partial charge in [-0.2, -0.15) is 5.10 Å². The van der Waals surface area contributed by atoms with E-state index in [1.54, 1.807) is 16.8 Å². The van der Waals surface area contributed by atoms with Crippen LogP contribution in [0.4, 0.5) is 5.82 Å². The molecule has 0 aliphatic heterocycles. The number of hydrogen-bond donors (Lipinski definition) is 1. The van der Waals surface area contributed by atoms with E-state index in [4.69, 9.17) is 4.52 Å². The smallest absolute Gasteiger partial charge is 0.263 e. The molecule has 1 N–H and O–H groups in total. The molecule has 0 spiro atoms. The van der Waals surface area contributed by atoms with Gasteiger partial charge in [0.05, 0.1) is 22.5 Å². The third kappa shape index (κ3) is 2.95. The van der Waals surface area contributed by atoms with Gasteiger partial charge in [0.15, 0.2) is 5.58 Å². The summed E-state index contributed by atoms with van der Waals surface area (Å²) in [5.41, 5.74) is 2.27. The van der Waals surface area contributed by atoms with Crippen LogP contribution in [0, 0.1) is 0 Å². The van der Waals surface area contributed by atoms with Crippen molar-refractivity contribution in [3.05, 3.63) is 66.5 Å². The van der Waals surface area contributed by atoms with Gasteiger partial charge in [0.1, 0.15) is 5.82 Å². The second-order valence-corrected chi connectivity index (χ2v) is 8.64. The summed E-state index contributed by atoms with van der Waals surface area (Å²) in [4.78, 5) is 0.147. The van der Waals surface area contributed by atoms with Gasteiger partial charge in [-0.25, -0.2) is 13.1 Å². The molecule has 2 heterocycles. The van der Waals surface area contributed by atoms with Gasteiger partial charge in [0.25, 0.3) is 10.0 Å². The molecule has 1 saturated carbocycles. The molecule has 4 aromatic rings. The van der Waals surface area contributed by atoms with Crippen molar-refractivity contribution in [2.24, 2.45) is 0 Å². The van der Waals surface area contributed by atoms with E-state index in [0.717, 1.165) is 24.2 Å². The molecule has 7 nitrogen and oxygen atoms in total. The summed E-state index contributed by atoms with van der Waals surface area (Å²) in [6, 6.07) is 16.0. The Kier molecular flexibility index (Phi) is 3.94. The second-order valence-electron chi connectivity index (χ2n) is 6.96. The SMILES string of the molecule is O=S(=O)(Nc1cc(C2CCC2)nn1-c1ccccc1)c1ccc2oncc2c1. The van der Waals surface area contributed by atoms with E-state index in [2.05, 4.69) is 15.0 Å². The summed E-state index contributed by atoms with van der Waals surface area (Å²) in [6.07, 6.45) is 4.85. The summed E-state index contributed by atoms with van der Waals surface area (Å²) >= 11 is 0. The predicted octanol–water partition coefficient (Wildman–Crippen LogP) is 4.08. The van der Waals surface area contributed by atoms with Crippen molar-refractivity contribution in [1.82, 2.24) is 14.9 Å². The molecule has 28 heavy (non-hydrogen) atoms. The number of fused-ring (bicyclic) bond motifs is 1. The van der Waals surface area contributed by atoms with Crippen molar-refractivity contribution in [1.29, 1.82) is 0 Å². The lowest BCUT2D eigenvalue weighted by Gasteiger charge is -2.22. The van der Waals surface area contributed by atoms with Crippen molar-refractivity contribution in [2.75, 3.05) is 4.72 Å². The fraction of sp³-hybridized carbons (Fsp3) is 0.200. The number of sulfonamides is 1. The maximum atomic E-state index is 13.0. The zero-order chi connectivity index (χ0) is 19.1. The minimum absolute atomic E-state index is 0.147. The lowest BCUT2D eigenvalue weighted by Crippen LogP contribution is -2.15. The van der Waals surface area contributed by atoms with Gasteiger partial charge in [-0.05, 0) is 43.2 Å². The number of rotatable bonds is 5. The molecule has 2 aromatic carbocycles. The van der Waals surface area contributed by atoms with Crippen LogP contribution in [-0.4, -0.2) is 23.4 Å². The van der Waals surface area contributed by atoms with E-state index < -0.39 is 10.0 Å². The number of hydrogen-bond acceptors (Lipinski definition) is 5. The van der Waals surface area contributed by atoms with Gasteiger partial charge in [-0.15, -0.1) is 0 Å². The Balaban J connectivity index is 1.55. The molecule has 0 bridgehead atoms.